The summed E-state index contributed by atoms with van der Waals surface area (Å²) in [6, 6.07) is 1.95. The van der Waals surface area contributed by atoms with E-state index in [1.807, 2.05) is 23.4 Å². The van der Waals surface area contributed by atoms with Crippen LogP contribution < -0.4 is 0 Å². The molecule has 1 fully saturated rings. The molecule has 1 aliphatic rings. The minimum atomic E-state index is 0.0170. The summed E-state index contributed by atoms with van der Waals surface area (Å²) < 4.78 is 7.24. The average Bonchev–Trinajstić information content (AvgIpc) is 2.97. The lowest BCUT2D eigenvalue weighted by atomic mass is 9.93. The van der Waals surface area contributed by atoms with Crippen molar-refractivity contribution in [2.24, 2.45) is 5.92 Å². The van der Waals surface area contributed by atoms with Gasteiger partial charge in [0.15, 0.2) is 0 Å². The van der Waals surface area contributed by atoms with Crippen molar-refractivity contribution in [3.05, 3.63) is 24.0 Å². The number of carbonyl (C=O) groups excluding carboxylic acids is 1. The minimum Gasteiger partial charge on any atom is -0.385 e. The summed E-state index contributed by atoms with van der Waals surface area (Å²) in [4.78, 5) is 14.7. The molecular formula is C18H30N2O2. The molecule has 4 nitrogen and oxygen atoms in total. The van der Waals surface area contributed by atoms with Gasteiger partial charge in [-0.1, -0.05) is 0 Å². The first kappa shape index (κ1) is 17.1. The third kappa shape index (κ3) is 4.35. The Hall–Kier alpha value is -1.29. The van der Waals surface area contributed by atoms with E-state index in [0.29, 0.717) is 5.92 Å². The predicted octanol–water partition coefficient (Wildman–Crippen LogP) is 3.52. The number of carbonyl (C=O) groups is 1. The third-order valence-electron chi connectivity index (χ3n) is 4.48. The van der Waals surface area contributed by atoms with Crippen LogP contribution in [0.2, 0.25) is 0 Å². The first-order valence-corrected chi connectivity index (χ1v) is 8.38. The highest BCUT2D eigenvalue weighted by molar-refractivity contribution is 5.94. The van der Waals surface area contributed by atoms with E-state index < -0.39 is 0 Å². The lowest BCUT2D eigenvalue weighted by Crippen LogP contribution is -2.39. The molecule has 0 N–H and O–H groups in total. The number of amides is 1. The molecule has 2 heterocycles. The van der Waals surface area contributed by atoms with Crippen LogP contribution in [0.25, 0.3) is 0 Å². The molecule has 22 heavy (non-hydrogen) atoms. The average molecular weight is 306 g/mol. The van der Waals surface area contributed by atoms with Crippen LogP contribution >= 0.6 is 0 Å². The monoisotopic (exact) mass is 306 g/mol. The molecule has 4 heteroatoms. The molecule has 0 spiro atoms. The molecule has 1 amide bonds. The van der Waals surface area contributed by atoms with Crippen molar-refractivity contribution < 1.29 is 9.53 Å². The summed E-state index contributed by atoms with van der Waals surface area (Å²) >= 11 is 0. The Morgan fingerprint density at radius 3 is 2.82 bits per heavy atom. The molecule has 1 aliphatic heterocycles. The predicted molar refractivity (Wildman–Crippen MR) is 89.2 cm³/mol. The molecule has 1 atom stereocenters. The van der Waals surface area contributed by atoms with Gasteiger partial charge in [0.1, 0.15) is 0 Å². The van der Waals surface area contributed by atoms with Crippen LogP contribution in [-0.4, -0.2) is 42.2 Å². The summed E-state index contributed by atoms with van der Waals surface area (Å²) in [5.41, 5.74) is 0.829. The smallest absolute Gasteiger partial charge is 0.255 e. The first-order valence-electron chi connectivity index (χ1n) is 8.38. The highest BCUT2D eigenvalue weighted by atomic mass is 16.5. The second kappa shape index (κ2) is 7.32. The number of rotatable bonds is 5. The summed E-state index contributed by atoms with van der Waals surface area (Å²) in [7, 11) is 1.75. The number of hydrogen-bond acceptors (Lipinski definition) is 2. The van der Waals surface area contributed by atoms with Crippen LogP contribution in [0, 0.1) is 5.92 Å². The van der Waals surface area contributed by atoms with Gasteiger partial charge in [-0.15, -0.1) is 0 Å². The van der Waals surface area contributed by atoms with E-state index in [0.717, 1.165) is 44.5 Å². The van der Waals surface area contributed by atoms with Gasteiger partial charge in [0.05, 0.1) is 5.56 Å². The Balaban J connectivity index is 1.95. The number of piperidine rings is 1. The van der Waals surface area contributed by atoms with Gasteiger partial charge in [0, 0.05) is 44.7 Å². The van der Waals surface area contributed by atoms with Gasteiger partial charge < -0.3 is 14.2 Å². The van der Waals surface area contributed by atoms with E-state index in [4.69, 9.17) is 4.74 Å². The molecule has 1 saturated heterocycles. The van der Waals surface area contributed by atoms with Gasteiger partial charge in [-0.25, -0.2) is 0 Å². The maximum Gasteiger partial charge on any atom is 0.255 e. The van der Waals surface area contributed by atoms with Crippen LogP contribution in [0.3, 0.4) is 0 Å². The summed E-state index contributed by atoms with van der Waals surface area (Å²) in [5, 5.41) is 0. The van der Waals surface area contributed by atoms with Gasteiger partial charge in [0.25, 0.3) is 5.91 Å². The van der Waals surface area contributed by atoms with E-state index in [1.54, 1.807) is 7.11 Å². The molecule has 1 aromatic rings. The molecule has 0 saturated carbocycles. The second-order valence-corrected chi connectivity index (χ2v) is 7.37. The van der Waals surface area contributed by atoms with Gasteiger partial charge in [0.2, 0.25) is 0 Å². The Morgan fingerprint density at radius 1 is 1.41 bits per heavy atom. The van der Waals surface area contributed by atoms with Crippen molar-refractivity contribution in [3.63, 3.8) is 0 Å². The maximum absolute atomic E-state index is 12.7. The molecule has 0 bridgehead atoms. The fourth-order valence-corrected chi connectivity index (χ4v) is 3.12. The summed E-state index contributed by atoms with van der Waals surface area (Å²) in [5.74, 6) is 0.803. The first-order chi connectivity index (χ1) is 10.4. The second-order valence-electron chi connectivity index (χ2n) is 7.37. The maximum atomic E-state index is 12.7. The number of aromatic nitrogens is 1. The number of methoxy groups -OCH3 is 1. The fraction of sp³-hybridized carbons (Fsp3) is 0.722. The number of nitrogens with zero attached hydrogens (tertiary/aromatic N) is 2. The van der Waals surface area contributed by atoms with E-state index >= 15 is 0 Å². The van der Waals surface area contributed by atoms with Crippen LogP contribution in [0.1, 0.15) is 56.8 Å². The minimum absolute atomic E-state index is 0.0170. The highest BCUT2D eigenvalue weighted by Gasteiger charge is 2.25. The van der Waals surface area contributed by atoms with Crippen molar-refractivity contribution in [2.45, 2.75) is 52.0 Å². The highest BCUT2D eigenvalue weighted by Crippen LogP contribution is 2.23. The SMILES string of the molecule is COCCCC1CCCN(C(=O)c2ccn(C(C)(C)C)c2)C1. The van der Waals surface area contributed by atoms with E-state index in [1.165, 1.54) is 6.42 Å². The van der Waals surface area contributed by atoms with Crippen molar-refractivity contribution in [1.82, 2.24) is 9.47 Å². The fourth-order valence-electron chi connectivity index (χ4n) is 3.12. The molecule has 0 aliphatic carbocycles. The Labute approximate surface area is 134 Å². The lowest BCUT2D eigenvalue weighted by molar-refractivity contribution is 0.0660. The largest absolute Gasteiger partial charge is 0.385 e. The van der Waals surface area contributed by atoms with Gasteiger partial charge in [-0.2, -0.15) is 0 Å². The zero-order valence-corrected chi connectivity index (χ0v) is 14.5. The molecule has 2 rings (SSSR count). The Kier molecular flexibility index (Phi) is 5.68. The molecule has 0 aromatic carbocycles. The number of ether oxygens (including phenoxy) is 1. The molecule has 0 radical (unpaired) electrons. The molecule has 124 valence electrons. The molecule has 1 unspecified atom stereocenters. The van der Waals surface area contributed by atoms with Crippen molar-refractivity contribution in [1.29, 1.82) is 0 Å². The normalized spacial score (nSPS) is 19.5. The standard InChI is InChI=1S/C18H30N2O2/c1-18(2,3)20-11-9-16(14-20)17(21)19-10-5-7-15(13-19)8-6-12-22-4/h9,11,14-15H,5-8,10,12-13H2,1-4H3. The van der Waals surface area contributed by atoms with Crippen molar-refractivity contribution in [2.75, 3.05) is 26.8 Å². The van der Waals surface area contributed by atoms with E-state index in [-0.39, 0.29) is 11.4 Å². The summed E-state index contributed by atoms with van der Waals surface area (Å²) in [6.45, 7) is 9.04. The van der Waals surface area contributed by atoms with Crippen LogP contribution in [0.4, 0.5) is 0 Å². The summed E-state index contributed by atoms with van der Waals surface area (Å²) in [6.07, 6.45) is 8.58. The van der Waals surface area contributed by atoms with Gasteiger partial charge in [-0.3, -0.25) is 4.79 Å². The number of hydrogen-bond donors (Lipinski definition) is 0. The van der Waals surface area contributed by atoms with E-state index in [9.17, 15) is 4.79 Å². The van der Waals surface area contributed by atoms with Crippen LogP contribution in [0.5, 0.6) is 0 Å². The topological polar surface area (TPSA) is 34.5 Å². The molecule has 1 aromatic heterocycles. The van der Waals surface area contributed by atoms with Crippen molar-refractivity contribution in [3.8, 4) is 0 Å². The lowest BCUT2D eigenvalue weighted by Gasteiger charge is -2.32. The van der Waals surface area contributed by atoms with Crippen LogP contribution in [0.15, 0.2) is 18.5 Å². The zero-order chi connectivity index (χ0) is 16.2. The molecular weight excluding hydrogens is 276 g/mol. The van der Waals surface area contributed by atoms with Crippen LogP contribution in [-0.2, 0) is 10.3 Å². The zero-order valence-electron chi connectivity index (χ0n) is 14.5. The van der Waals surface area contributed by atoms with Crippen molar-refractivity contribution >= 4 is 5.91 Å². The Bertz CT molecular complexity index is 488. The van der Waals surface area contributed by atoms with Gasteiger partial charge >= 0.3 is 0 Å². The van der Waals surface area contributed by atoms with E-state index in [2.05, 4.69) is 25.3 Å². The van der Waals surface area contributed by atoms with Gasteiger partial charge in [-0.05, 0) is 58.4 Å². The Morgan fingerprint density at radius 2 is 2.18 bits per heavy atom. The third-order valence-corrected chi connectivity index (χ3v) is 4.48. The number of likely N-dealkylation sites (tertiary alicyclic amines) is 1. The quantitative estimate of drug-likeness (QED) is 0.780.